The number of ether oxygens (including phenoxy) is 1. The normalized spacial score (nSPS) is 12.1. The SMILES string of the molecule is COC(=O)c1[nH]c(C)c(C(=O)C(C)N(C(=O)c2cccs2)C(C)C)c1C. The molecule has 1 unspecified atom stereocenters. The summed E-state index contributed by atoms with van der Waals surface area (Å²) in [5.74, 6) is -0.896. The molecule has 1 N–H and O–H groups in total. The highest BCUT2D eigenvalue weighted by molar-refractivity contribution is 7.12. The summed E-state index contributed by atoms with van der Waals surface area (Å²) >= 11 is 1.35. The number of aryl methyl sites for hydroxylation is 1. The predicted octanol–water partition coefficient (Wildman–Crippen LogP) is 3.60. The van der Waals surface area contributed by atoms with Crippen molar-refractivity contribution in [3.05, 3.63) is 44.9 Å². The lowest BCUT2D eigenvalue weighted by Crippen LogP contribution is -2.47. The van der Waals surface area contributed by atoms with E-state index in [9.17, 15) is 14.4 Å². The Morgan fingerprint density at radius 1 is 1.19 bits per heavy atom. The van der Waals surface area contributed by atoms with Crippen LogP contribution in [-0.4, -0.2) is 46.7 Å². The van der Waals surface area contributed by atoms with Crippen molar-refractivity contribution in [3.8, 4) is 0 Å². The molecule has 2 aromatic rings. The van der Waals surface area contributed by atoms with Crippen LogP contribution in [0.25, 0.3) is 0 Å². The van der Waals surface area contributed by atoms with Crippen LogP contribution in [-0.2, 0) is 4.74 Å². The number of thiophene rings is 1. The van der Waals surface area contributed by atoms with Gasteiger partial charge >= 0.3 is 5.97 Å². The fourth-order valence-corrected chi connectivity index (χ4v) is 3.81. The Morgan fingerprint density at radius 3 is 2.35 bits per heavy atom. The number of ketones is 1. The molecule has 1 atom stereocenters. The van der Waals surface area contributed by atoms with Crippen molar-refractivity contribution in [1.82, 2.24) is 9.88 Å². The molecule has 26 heavy (non-hydrogen) atoms. The number of esters is 1. The molecule has 0 aliphatic heterocycles. The highest BCUT2D eigenvalue weighted by atomic mass is 32.1. The van der Waals surface area contributed by atoms with Crippen LogP contribution in [0, 0.1) is 13.8 Å². The topological polar surface area (TPSA) is 79.5 Å². The molecule has 0 aromatic carbocycles. The third kappa shape index (κ3) is 3.58. The van der Waals surface area contributed by atoms with Gasteiger partial charge in [-0.25, -0.2) is 4.79 Å². The third-order valence-electron chi connectivity index (χ3n) is 4.39. The van der Waals surface area contributed by atoms with Crippen molar-refractivity contribution in [3.63, 3.8) is 0 Å². The zero-order chi connectivity index (χ0) is 19.6. The van der Waals surface area contributed by atoms with E-state index in [1.807, 2.05) is 25.3 Å². The molecule has 2 heterocycles. The summed E-state index contributed by atoms with van der Waals surface area (Å²) in [6, 6.07) is 2.75. The molecule has 140 valence electrons. The number of carbonyl (C=O) groups is 3. The van der Waals surface area contributed by atoms with E-state index in [-0.39, 0.29) is 23.4 Å². The molecule has 0 aliphatic rings. The molecular weight excluding hydrogens is 352 g/mol. The van der Waals surface area contributed by atoms with Crippen LogP contribution >= 0.6 is 11.3 Å². The van der Waals surface area contributed by atoms with Crippen LogP contribution in [0.3, 0.4) is 0 Å². The lowest BCUT2D eigenvalue weighted by Gasteiger charge is -2.32. The van der Waals surface area contributed by atoms with Gasteiger partial charge in [0.05, 0.1) is 18.0 Å². The maximum atomic E-state index is 13.2. The number of aromatic amines is 1. The summed E-state index contributed by atoms with van der Waals surface area (Å²) in [5.41, 5.74) is 1.83. The van der Waals surface area contributed by atoms with Gasteiger partial charge in [-0.3, -0.25) is 9.59 Å². The molecule has 0 spiro atoms. The van der Waals surface area contributed by atoms with Crippen LogP contribution in [0.2, 0.25) is 0 Å². The van der Waals surface area contributed by atoms with E-state index >= 15 is 0 Å². The molecule has 0 radical (unpaired) electrons. The fraction of sp³-hybridized carbons (Fsp3) is 0.421. The number of hydrogen-bond acceptors (Lipinski definition) is 5. The van der Waals surface area contributed by atoms with Crippen LogP contribution < -0.4 is 0 Å². The summed E-state index contributed by atoms with van der Waals surface area (Å²) in [4.78, 5) is 43.0. The van der Waals surface area contributed by atoms with E-state index in [0.29, 0.717) is 21.7 Å². The number of nitrogens with zero attached hydrogens (tertiary/aromatic N) is 1. The zero-order valence-electron chi connectivity index (χ0n) is 15.9. The van der Waals surface area contributed by atoms with Crippen molar-refractivity contribution < 1.29 is 19.1 Å². The number of Topliss-reactive ketones (excluding diaryl/α,β-unsaturated/α-hetero) is 1. The lowest BCUT2D eigenvalue weighted by molar-refractivity contribution is 0.0569. The standard InChI is InChI=1S/C19H24N2O4S/c1-10(2)21(18(23)14-8-7-9-26-14)13(5)17(22)15-11(3)16(19(24)25-6)20-12(15)4/h7-10,13,20H,1-6H3. The van der Waals surface area contributed by atoms with Crippen LogP contribution in [0.15, 0.2) is 17.5 Å². The van der Waals surface area contributed by atoms with Crippen molar-refractivity contribution >= 4 is 29.0 Å². The van der Waals surface area contributed by atoms with Gasteiger partial charge in [-0.1, -0.05) is 6.07 Å². The van der Waals surface area contributed by atoms with Crippen molar-refractivity contribution in [1.29, 1.82) is 0 Å². The number of nitrogens with one attached hydrogen (secondary N) is 1. The summed E-state index contributed by atoms with van der Waals surface area (Å²) in [7, 11) is 1.29. The summed E-state index contributed by atoms with van der Waals surface area (Å²) in [6.07, 6.45) is 0. The minimum absolute atomic E-state index is 0.150. The first-order chi connectivity index (χ1) is 12.2. The lowest BCUT2D eigenvalue weighted by atomic mass is 9.99. The van der Waals surface area contributed by atoms with E-state index in [0.717, 1.165) is 0 Å². The van der Waals surface area contributed by atoms with E-state index in [4.69, 9.17) is 4.74 Å². The number of H-pyrrole nitrogens is 1. The Bertz CT molecular complexity index is 821. The molecule has 7 heteroatoms. The minimum Gasteiger partial charge on any atom is -0.464 e. The molecular formula is C19H24N2O4S. The van der Waals surface area contributed by atoms with Gasteiger partial charge in [0.15, 0.2) is 5.78 Å². The summed E-state index contributed by atoms with van der Waals surface area (Å²) < 4.78 is 4.75. The Kier molecular flexibility index (Phi) is 6.02. The average molecular weight is 376 g/mol. The monoisotopic (exact) mass is 376 g/mol. The van der Waals surface area contributed by atoms with E-state index < -0.39 is 12.0 Å². The molecule has 0 bridgehead atoms. The largest absolute Gasteiger partial charge is 0.464 e. The number of amides is 1. The highest BCUT2D eigenvalue weighted by Crippen LogP contribution is 2.24. The third-order valence-corrected chi connectivity index (χ3v) is 5.25. The molecule has 0 saturated heterocycles. The zero-order valence-corrected chi connectivity index (χ0v) is 16.7. The molecule has 0 fully saturated rings. The Hall–Kier alpha value is -2.41. The van der Waals surface area contributed by atoms with Crippen molar-refractivity contribution in [2.24, 2.45) is 0 Å². The molecule has 0 saturated carbocycles. The first-order valence-corrected chi connectivity index (χ1v) is 9.26. The number of carbonyl (C=O) groups excluding carboxylic acids is 3. The van der Waals surface area contributed by atoms with E-state index in [1.54, 1.807) is 31.7 Å². The highest BCUT2D eigenvalue weighted by Gasteiger charge is 2.33. The number of aromatic nitrogens is 1. The van der Waals surface area contributed by atoms with Gasteiger partial charge in [-0.05, 0) is 51.6 Å². The molecule has 6 nitrogen and oxygen atoms in total. The van der Waals surface area contributed by atoms with Gasteiger partial charge in [-0.2, -0.15) is 0 Å². The molecule has 2 rings (SSSR count). The quantitative estimate of drug-likeness (QED) is 0.617. The van der Waals surface area contributed by atoms with Gasteiger partial charge in [0.25, 0.3) is 5.91 Å². The van der Waals surface area contributed by atoms with Gasteiger partial charge in [0, 0.05) is 17.3 Å². The number of methoxy groups -OCH3 is 1. The van der Waals surface area contributed by atoms with Crippen LogP contribution in [0.5, 0.6) is 0 Å². The first kappa shape index (κ1) is 19.9. The van der Waals surface area contributed by atoms with Gasteiger partial charge in [0.1, 0.15) is 5.69 Å². The van der Waals surface area contributed by atoms with Gasteiger partial charge in [-0.15, -0.1) is 11.3 Å². The van der Waals surface area contributed by atoms with Crippen LogP contribution in [0.1, 0.15) is 62.5 Å². The van der Waals surface area contributed by atoms with Crippen LogP contribution in [0.4, 0.5) is 0 Å². The molecule has 2 aromatic heterocycles. The molecule has 1 amide bonds. The Labute approximate surface area is 157 Å². The smallest absolute Gasteiger partial charge is 0.354 e. The maximum Gasteiger partial charge on any atom is 0.354 e. The predicted molar refractivity (Wildman–Crippen MR) is 101 cm³/mol. The minimum atomic E-state index is -0.664. The summed E-state index contributed by atoms with van der Waals surface area (Å²) in [5, 5.41) is 1.83. The second kappa shape index (κ2) is 7.86. The first-order valence-electron chi connectivity index (χ1n) is 8.38. The maximum absolute atomic E-state index is 13.2. The molecule has 0 aliphatic carbocycles. The van der Waals surface area contributed by atoms with E-state index in [2.05, 4.69) is 4.98 Å². The summed E-state index contributed by atoms with van der Waals surface area (Å²) in [6.45, 7) is 8.92. The van der Waals surface area contributed by atoms with Crippen molar-refractivity contribution in [2.75, 3.05) is 7.11 Å². The van der Waals surface area contributed by atoms with Gasteiger partial charge in [0.2, 0.25) is 0 Å². The number of hydrogen-bond donors (Lipinski definition) is 1. The average Bonchev–Trinajstić information content (AvgIpc) is 3.21. The van der Waals surface area contributed by atoms with E-state index in [1.165, 1.54) is 18.4 Å². The number of rotatable bonds is 6. The second-order valence-corrected chi connectivity index (χ2v) is 7.39. The second-order valence-electron chi connectivity index (χ2n) is 6.44. The van der Waals surface area contributed by atoms with Gasteiger partial charge < -0.3 is 14.6 Å². The van der Waals surface area contributed by atoms with Crippen molar-refractivity contribution in [2.45, 2.75) is 46.7 Å². The Balaban J connectivity index is 2.40. The fourth-order valence-electron chi connectivity index (χ4n) is 3.15. The Morgan fingerprint density at radius 2 is 1.85 bits per heavy atom.